The first-order valence-electron chi connectivity index (χ1n) is 9.90. The number of ether oxygens (including phenoxy) is 1. The fourth-order valence-electron chi connectivity index (χ4n) is 3.35. The average molecular weight is 446 g/mol. The quantitative estimate of drug-likeness (QED) is 0.593. The van der Waals surface area contributed by atoms with Crippen LogP contribution < -0.4 is 10.6 Å². The second-order valence-electron chi connectivity index (χ2n) is 8.18. The number of rotatable bonds is 6. The summed E-state index contributed by atoms with van der Waals surface area (Å²) in [5.74, 6) is -0.436. The molecule has 31 heavy (non-hydrogen) atoms. The van der Waals surface area contributed by atoms with E-state index in [4.69, 9.17) is 9.57 Å². The number of hydrogen-bond donors (Lipinski definition) is 3. The third kappa shape index (κ3) is 5.62. The van der Waals surface area contributed by atoms with Gasteiger partial charge in [-0.25, -0.2) is 4.79 Å². The SMILES string of the molecule is CO/N=C1/c2sccc2[C@H](NC(=O)C(Cc2ccccc2)NC(=O)OC(C)(C)C)[C@@H]1O. The van der Waals surface area contributed by atoms with Crippen LogP contribution >= 0.6 is 11.3 Å². The molecule has 0 fully saturated rings. The van der Waals surface area contributed by atoms with Crippen molar-refractivity contribution in [3.63, 3.8) is 0 Å². The number of carbonyl (C=O) groups is 2. The van der Waals surface area contributed by atoms with Crippen molar-refractivity contribution in [2.45, 2.75) is 51.0 Å². The first kappa shape index (κ1) is 22.8. The van der Waals surface area contributed by atoms with Crippen LogP contribution in [0.3, 0.4) is 0 Å². The minimum Gasteiger partial charge on any atom is -0.444 e. The molecule has 0 radical (unpaired) electrons. The van der Waals surface area contributed by atoms with E-state index in [1.807, 2.05) is 41.8 Å². The molecule has 3 rings (SSSR count). The van der Waals surface area contributed by atoms with Gasteiger partial charge in [-0.3, -0.25) is 4.79 Å². The van der Waals surface area contributed by atoms with E-state index >= 15 is 0 Å². The van der Waals surface area contributed by atoms with Crippen molar-refractivity contribution in [2.24, 2.45) is 5.16 Å². The number of nitrogens with one attached hydrogen (secondary N) is 2. The average Bonchev–Trinajstić information content (AvgIpc) is 3.25. The van der Waals surface area contributed by atoms with Gasteiger partial charge in [0.15, 0.2) is 0 Å². The Bertz CT molecular complexity index is 952. The van der Waals surface area contributed by atoms with Crippen LogP contribution in [0.2, 0.25) is 0 Å². The summed E-state index contributed by atoms with van der Waals surface area (Å²) in [5, 5.41) is 22.0. The van der Waals surface area contributed by atoms with Crippen molar-refractivity contribution in [3.05, 3.63) is 57.8 Å². The Hall–Kier alpha value is -2.91. The molecule has 1 heterocycles. The van der Waals surface area contributed by atoms with E-state index in [1.165, 1.54) is 18.4 Å². The highest BCUT2D eigenvalue weighted by Gasteiger charge is 2.40. The van der Waals surface area contributed by atoms with Crippen molar-refractivity contribution in [1.82, 2.24) is 10.6 Å². The van der Waals surface area contributed by atoms with E-state index in [0.717, 1.165) is 16.0 Å². The van der Waals surface area contributed by atoms with E-state index in [1.54, 1.807) is 20.8 Å². The summed E-state index contributed by atoms with van der Waals surface area (Å²) < 4.78 is 5.33. The summed E-state index contributed by atoms with van der Waals surface area (Å²) in [6.07, 6.45) is -1.47. The van der Waals surface area contributed by atoms with Gasteiger partial charge < -0.3 is 25.3 Å². The molecule has 166 valence electrons. The van der Waals surface area contributed by atoms with Gasteiger partial charge in [-0.2, -0.15) is 0 Å². The van der Waals surface area contributed by atoms with Crippen molar-refractivity contribution in [2.75, 3.05) is 7.11 Å². The minimum atomic E-state index is -1.05. The number of carbonyl (C=O) groups excluding carboxylic acids is 2. The fraction of sp³-hybridized carbons (Fsp3) is 0.409. The summed E-state index contributed by atoms with van der Waals surface area (Å²) in [4.78, 5) is 31.2. The predicted molar refractivity (Wildman–Crippen MR) is 118 cm³/mol. The Morgan fingerprint density at radius 1 is 1.23 bits per heavy atom. The van der Waals surface area contributed by atoms with Gasteiger partial charge in [-0.15, -0.1) is 11.3 Å². The molecule has 0 saturated carbocycles. The molecule has 0 aliphatic heterocycles. The lowest BCUT2D eigenvalue weighted by atomic mass is 10.0. The maximum Gasteiger partial charge on any atom is 0.408 e. The van der Waals surface area contributed by atoms with Crippen LogP contribution in [-0.2, 0) is 20.8 Å². The Labute approximate surface area is 185 Å². The van der Waals surface area contributed by atoms with Crippen molar-refractivity contribution in [3.8, 4) is 0 Å². The van der Waals surface area contributed by atoms with Crippen LogP contribution in [0.25, 0.3) is 0 Å². The van der Waals surface area contributed by atoms with E-state index < -0.39 is 35.8 Å². The molecule has 3 N–H and O–H groups in total. The van der Waals surface area contributed by atoms with Gasteiger partial charge in [-0.1, -0.05) is 35.5 Å². The Kier molecular flexibility index (Phi) is 6.97. The number of fused-ring (bicyclic) bond motifs is 1. The molecule has 2 aromatic rings. The summed E-state index contributed by atoms with van der Waals surface area (Å²) in [6, 6.07) is 9.61. The second-order valence-corrected chi connectivity index (χ2v) is 9.10. The maximum atomic E-state index is 13.2. The van der Waals surface area contributed by atoms with Crippen LogP contribution in [0.5, 0.6) is 0 Å². The molecule has 0 spiro atoms. The Balaban J connectivity index is 1.79. The number of nitrogens with zero attached hydrogens (tertiary/aromatic N) is 1. The predicted octanol–water partition coefficient (Wildman–Crippen LogP) is 2.77. The van der Waals surface area contributed by atoms with Crippen molar-refractivity contribution < 1.29 is 24.3 Å². The van der Waals surface area contributed by atoms with Crippen LogP contribution in [0.15, 0.2) is 46.9 Å². The fourth-order valence-corrected chi connectivity index (χ4v) is 4.31. The topological polar surface area (TPSA) is 109 Å². The van der Waals surface area contributed by atoms with Crippen LogP contribution in [-0.4, -0.2) is 47.7 Å². The van der Waals surface area contributed by atoms with Gasteiger partial charge in [0.25, 0.3) is 0 Å². The van der Waals surface area contributed by atoms with Crippen molar-refractivity contribution >= 4 is 29.0 Å². The number of thiophene rings is 1. The third-order valence-electron chi connectivity index (χ3n) is 4.64. The zero-order chi connectivity index (χ0) is 22.6. The molecule has 0 bridgehead atoms. The summed E-state index contributed by atoms with van der Waals surface area (Å²) in [7, 11) is 1.40. The van der Waals surface area contributed by atoms with E-state index in [0.29, 0.717) is 5.71 Å². The van der Waals surface area contributed by atoms with Gasteiger partial charge >= 0.3 is 6.09 Å². The largest absolute Gasteiger partial charge is 0.444 e. The number of oxime groups is 1. The highest BCUT2D eigenvalue weighted by Crippen LogP contribution is 2.36. The summed E-state index contributed by atoms with van der Waals surface area (Å²) in [5.41, 5.74) is 1.31. The molecule has 0 saturated heterocycles. The number of aliphatic hydroxyl groups excluding tert-OH is 1. The first-order chi connectivity index (χ1) is 14.7. The lowest BCUT2D eigenvalue weighted by Crippen LogP contribution is -2.51. The molecular formula is C22H27N3O5S. The monoisotopic (exact) mass is 445 g/mol. The second kappa shape index (κ2) is 9.49. The van der Waals surface area contributed by atoms with E-state index in [9.17, 15) is 14.7 Å². The smallest absolute Gasteiger partial charge is 0.408 e. The minimum absolute atomic E-state index is 0.268. The highest BCUT2D eigenvalue weighted by molar-refractivity contribution is 7.12. The first-order valence-corrected chi connectivity index (χ1v) is 10.8. The molecular weight excluding hydrogens is 418 g/mol. The van der Waals surface area contributed by atoms with Gasteiger partial charge in [-0.05, 0) is 43.3 Å². The van der Waals surface area contributed by atoms with Crippen LogP contribution in [0, 0.1) is 0 Å². The highest BCUT2D eigenvalue weighted by atomic mass is 32.1. The maximum absolute atomic E-state index is 13.2. The molecule has 1 aromatic heterocycles. The number of benzene rings is 1. The molecule has 9 heteroatoms. The lowest BCUT2D eigenvalue weighted by molar-refractivity contribution is -0.124. The number of aliphatic hydroxyl groups is 1. The van der Waals surface area contributed by atoms with Gasteiger partial charge in [0.2, 0.25) is 5.91 Å². The molecule has 1 aliphatic rings. The molecule has 1 aromatic carbocycles. The van der Waals surface area contributed by atoms with E-state index in [-0.39, 0.29) is 6.42 Å². The molecule has 8 nitrogen and oxygen atoms in total. The van der Waals surface area contributed by atoms with Gasteiger partial charge in [0.05, 0.1) is 10.9 Å². The number of hydrogen-bond acceptors (Lipinski definition) is 7. The normalized spacial score (nSPS) is 20.1. The van der Waals surface area contributed by atoms with E-state index in [2.05, 4.69) is 15.8 Å². The van der Waals surface area contributed by atoms with Crippen molar-refractivity contribution in [1.29, 1.82) is 0 Å². The zero-order valence-electron chi connectivity index (χ0n) is 17.9. The summed E-state index contributed by atoms with van der Waals surface area (Å²) in [6.45, 7) is 5.26. The lowest BCUT2D eigenvalue weighted by Gasteiger charge is -2.25. The van der Waals surface area contributed by atoms with Gasteiger partial charge in [0, 0.05) is 6.42 Å². The zero-order valence-corrected chi connectivity index (χ0v) is 18.7. The summed E-state index contributed by atoms with van der Waals surface area (Å²) >= 11 is 1.41. The van der Waals surface area contributed by atoms with Crippen LogP contribution in [0.4, 0.5) is 4.79 Å². The molecule has 1 aliphatic carbocycles. The Morgan fingerprint density at radius 2 is 1.94 bits per heavy atom. The Morgan fingerprint density at radius 3 is 2.58 bits per heavy atom. The molecule has 2 amide bonds. The number of amides is 2. The standard InChI is InChI=1S/C22H27N3O5S/c1-22(2,3)30-21(28)23-15(12-13-8-6-5-7-9-13)20(27)24-16-14-10-11-31-19(14)17(18(16)26)25-29-4/h5-11,15-16,18,26H,12H2,1-4H3,(H,23,28)(H,24,27)/b25-17+/t15?,16-,18-/m0/s1. The van der Waals surface area contributed by atoms with Gasteiger partial charge in [0.1, 0.15) is 30.6 Å². The number of alkyl carbamates (subject to hydrolysis) is 1. The molecule has 3 atom stereocenters. The third-order valence-corrected chi connectivity index (χ3v) is 5.59. The molecule has 1 unspecified atom stereocenters. The van der Waals surface area contributed by atoms with Crippen LogP contribution in [0.1, 0.15) is 42.8 Å².